The molecule has 2 saturated heterocycles. The summed E-state index contributed by atoms with van der Waals surface area (Å²) < 4.78 is 11.2. The number of hydrogen-bond acceptors (Lipinski definition) is 4. The molecule has 2 fully saturated rings. The number of aliphatic imine (C=N–C) groups is 1. The van der Waals surface area contributed by atoms with Crippen LogP contribution >= 0.6 is 0 Å². The first-order valence-corrected chi connectivity index (χ1v) is 11.7. The summed E-state index contributed by atoms with van der Waals surface area (Å²) >= 11 is 0. The Morgan fingerprint density at radius 1 is 1.23 bits per heavy atom. The number of anilines is 1. The van der Waals surface area contributed by atoms with Crippen LogP contribution in [0.15, 0.2) is 29.3 Å². The lowest BCUT2D eigenvalue weighted by Crippen LogP contribution is -2.38. The second kappa shape index (κ2) is 12.8. The first kappa shape index (κ1) is 22.9. The molecule has 0 amide bonds. The van der Waals surface area contributed by atoms with Crippen LogP contribution in [0, 0.1) is 5.92 Å². The summed E-state index contributed by atoms with van der Waals surface area (Å²) in [6.45, 7) is 10.3. The Bertz CT molecular complexity index is 623. The van der Waals surface area contributed by atoms with Gasteiger partial charge in [-0.25, -0.2) is 0 Å². The third-order valence-corrected chi connectivity index (χ3v) is 5.86. The van der Waals surface area contributed by atoms with Crippen molar-refractivity contribution < 1.29 is 9.47 Å². The lowest BCUT2D eigenvalue weighted by atomic mass is 10.1. The summed E-state index contributed by atoms with van der Waals surface area (Å²) in [6, 6.07) is 9.05. The normalized spacial score (nSPS) is 19.9. The van der Waals surface area contributed by atoms with Gasteiger partial charge in [-0.15, -0.1) is 0 Å². The molecule has 6 nitrogen and oxygen atoms in total. The molecular formula is C24H40N4O2. The van der Waals surface area contributed by atoms with Crippen LogP contribution in [-0.2, 0) is 16.0 Å². The summed E-state index contributed by atoms with van der Waals surface area (Å²) in [5.41, 5.74) is 2.66. The predicted octanol–water partition coefficient (Wildman–Crippen LogP) is 3.52. The van der Waals surface area contributed by atoms with Gasteiger partial charge in [0.1, 0.15) is 0 Å². The zero-order chi connectivity index (χ0) is 21.0. The third-order valence-electron chi connectivity index (χ3n) is 5.86. The van der Waals surface area contributed by atoms with Crippen molar-refractivity contribution in [2.45, 2.75) is 45.6 Å². The van der Waals surface area contributed by atoms with Crippen molar-refractivity contribution in [1.82, 2.24) is 10.2 Å². The van der Waals surface area contributed by atoms with Crippen LogP contribution in [0.1, 0.15) is 44.6 Å². The monoisotopic (exact) mass is 416 g/mol. The Morgan fingerprint density at radius 2 is 2.03 bits per heavy atom. The molecule has 0 radical (unpaired) electrons. The van der Waals surface area contributed by atoms with Crippen molar-refractivity contribution in [3.05, 3.63) is 29.8 Å². The van der Waals surface area contributed by atoms with E-state index in [0.29, 0.717) is 5.92 Å². The van der Waals surface area contributed by atoms with Gasteiger partial charge in [-0.1, -0.05) is 12.1 Å². The van der Waals surface area contributed by atoms with Crippen LogP contribution in [0.4, 0.5) is 5.69 Å². The van der Waals surface area contributed by atoms with E-state index in [1.165, 1.54) is 43.6 Å². The van der Waals surface area contributed by atoms with Crippen molar-refractivity contribution in [3.63, 3.8) is 0 Å². The average molecular weight is 417 g/mol. The molecule has 2 aliphatic heterocycles. The summed E-state index contributed by atoms with van der Waals surface area (Å²) in [5, 5.41) is 3.41. The van der Waals surface area contributed by atoms with Crippen LogP contribution < -0.4 is 10.2 Å². The maximum absolute atomic E-state index is 5.79. The molecule has 0 spiro atoms. The van der Waals surface area contributed by atoms with Gasteiger partial charge >= 0.3 is 0 Å². The Labute approximate surface area is 182 Å². The van der Waals surface area contributed by atoms with E-state index in [4.69, 9.17) is 14.5 Å². The molecule has 1 aromatic rings. The van der Waals surface area contributed by atoms with Crippen molar-refractivity contribution in [1.29, 1.82) is 0 Å². The van der Waals surface area contributed by atoms with Crippen LogP contribution in [0.2, 0.25) is 0 Å². The number of rotatable bonds is 10. The summed E-state index contributed by atoms with van der Waals surface area (Å²) in [5.74, 6) is 1.54. The first-order valence-electron chi connectivity index (χ1n) is 11.7. The molecule has 1 atom stereocenters. The maximum Gasteiger partial charge on any atom is 0.193 e. The molecular weight excluding hydrogens is 376 g/mol. The van der Waals surface area contributed by atoms with Gasteiger partial charge in [0.15, 0.2) is 5.96 Å². The number of nitrogens with zero attached hydrogens (tertiary/aromatic N) is 3. The fourth-order valence-corrected chi connectivity index (χ4v) is 4.10. The molecule has 30 heavy (non-hydrogen) atoms. The summed E-state index contributed by atoms with van der Waals surface area (Å²) in [4.78, 5) is 9.50. The molecule has 0 saturated carbocycles. The number of ether oxygens (including phenoxy) is 2. The number of guanidine groups is 1. The van der Waals surface area contributed by atoms with Crippen LogP contribution in [-0.4, -0.2) is 70.5 Å². The Balaban J connectivity index is 1.41. The zero-order valence-electron chi connectivity index (χ0n) is 18.9. The molecule has 168 valence electrons. The van der Waals surface area contributed by atoms with E-state index < -0.39 is 0 Å². The van der Waals surface area contributed by atoms with E-state index >= 15 is 0 Å². The second-order valence-corrected chi connectivity index (χ2v) is 8.46. The smallest absolute Gasteiger partial charge is 0.193 e. The largest absolute Gasteiger partial charge is 0.381 e. The van der Waals surface area contributed by atoms with Crippen molar-refractivity contribution in [3.8, 4) is 0 Å². The van der Waals surface area contributed by atoms with Gasteiger partial charge in [0.05, 0.1) is 13.2 Å². The number of hydrogen-bond donors (Lipinski definition) is 1. The predicted molar refractivity (Wildman–Crippen MR) is 124 cm³/mol. The fourth-order valence-electron chi connectivity index (χ4n) is 4.10. The van der Waals surface area contributed by atoms with Crippen LogP contribution in [0.5, 0.6) is 0 Å². The lowest BCUT2D eigenvalue weighted by molar-refractivity contribution is 0.0893. The molecule has 1 N–H and O–H groups in total. The molecule has 0 aromatic heterocycles. The van der Waals surface area contributed by atoms with Crippen LogP contribution in [0.3, 0.4) is 0 Å². The molecule has 0 aliphatic carbocycles. The highest BCUT2D eigenvalue weighted by atomic mass is 16.5. The topological polar surface area (TPSA) is 49.3 Å². The highest BCUT2D eigenvalue weighted by Gasteiger charge is 2.15. The van der Waals surface area contributed by atoms with Gasteiger partial charge in [0.25, 0.3) is 0 Å². The van der Waals surface area contributed by atoms with E-state index in [0.717, 1.165) is 64.9 Å². The minimum absolute atomic E-state index is 0.582. The zero-order valence-corrected chi connectivity index (χ0v) is 18.9. The number of nitrogens with one attached hydrogen (secondary N) is 1. The van der Waals surface area contributed by atoms with E-state index in [9.17, 15) is 0 Å². The minimum Gasteiger partial charge on any atom is -0.381 e. The lowest BCUT2D eigenvalue weighted by Gasteiger charge is -2.29. The molecule has 6 heteroatoms. The summed E-state index contributed by atoms with van der Waals surface area (Å²) in [6.07, 6.45) is 6.07. The Hall–Kier alpha value is -1.79. The molecule has 2 aliphatic rings. The standard InChI is InChI=1S/C24H40N4O2/c1-3-25-24(26-13-7-16-29-19-22-12-17-30-20-22)27(2)18-21-8-10-23(11-9-21)28-14-5-4-6-15-28/h8-11,22H,3-7,12-20H2,1-2H3,(H,25,26). The molecule has 3 rings (SSSR count). The molecule has 0 bridgehead atoms. The quantitative estimate of drug-likeness (QED) is 0.359. The van der Waals surface area contributed by atoms with Crippen LogP contribution in [0.25, 0.3) is 0 Å². The van der Waals surface area contributed by atoms with E-state index in [-0.39, 0.29) is 0 Å². The highest BCUT2D eigenvalue weighted by molar-refractivity contribution is 5.79. The number of benzene rings is 1. The van der Waals surface area contributed by atoms with Gasteiger partial charge in [-0.05, 0) is 56.7 Å². The van der Waals surface area contributed by atoms with Crippen molar-refractivity contribution in [2.24, 2.45) is 10.9 Å². The van der Waals surface area contributed by atoms with Gasteiger partial charge in [-0.2, -0.15) is 0 Å². The maximum atomic E-state index is 5.79. The van der Waals surface area contributed by atoms with E-state index in [1.807, 2.05) is 0 Å². The van der Waals surface area contributed by atoms with E-state index in [2.05, 4.69) is 53.4 Å². The highest BCUT2D eigenvalue weighted by Crippen LogP contribution is 2.20. The van der Waals surface area contributed by atoms with Crippen molar-refractivity contribution in [2.75, 3.05) is 64.6 Å². The number of piperidine rings is 1. The van der Waals surface area contributed by atoms with Gasteiger partial charge in [0.2, 0.25) is 0 Å². The molecule has 2 heterocycles. The van der Waals surface area contributed by atoms with Gasteiger partial charge in [-0.3, -0.25) is 4.99 Å². The average Bonchev–Trinajstić information content (AvgIpc) is 3.30. The first-order chi connectivity index (χ1) is 14.8. The third kappa shape index (κ3) is 7.47. The van der Waals surface area contributed by atoms with Gasteiger partial charge < -0.3 is 24.6 Å². The summed E-state index contributed by atoms with van der Waals surface area (Å²) in [7, 11) is 2.11. The minimum atomic E-state index is 0.582. The SMILES string of the molecule is CCNC(=NCCCOCC1CCOC1)N(C)Cc1ccc(N2CCCCC2)cc1. The second-order valence-electron chi connectivity index (χ2n) is 8.46. The van der Waals surface area contributed by atoms with Crippen molar-refractivity contribution >= 4 is 11.6 Å². The molecule has 1 unspecified atom stereocenters. The van der Waals surface area contributed by atoms with Gasteiger partial charge in [0, 0.05) is 64.6 Å². The Morgan fingerprint density at radius 3 is 2.73 bits per heavy atom. The fraction of sp³-hybridized carbons (Fsp3) is 0.708. The van der Waals surface area contributed by atoms with E-state index in [1.54, 1.807) is 0 Å². The molecule has 1 aromatic carbocycles. The Kier molecular flexibility index (Phi) is 9.77.